The second kappa shape index (κ2) is 10.3. The van der Waals surface area contributed by atoms with Gasteiger partial charge in [-0.1, -0.05) is 29.8 Å². The number of hydrogen-bond acceptors (Lipinski definition) is 5. The summed E-state index contributed by atoms with van der Waals surface area (Å²) in [6.07, 6.45) is 1.95. The fourth-order valence-electron chi connectivity index (χ4n) is 4.25. The molecule has 0 radical (unpaired) electrons. The van der Waals surface area contributed by atoms with Gasteiger partial charge in [0, 0.05) is 38.2 Å². The molecular weight excluding hydrogens is 402 g/mol. The maximum atomic E-state index is 13.0. The normalized spacial score (nSPS) is 15.0. The van der Waals surface area contributed by atoms with Crippen LogP contribution in [0, 0.1) is 32.1 Å². The van der Waals surface area contributed by atoms with Gasteiger partial charge in [-0.15, -0.1) is 0 Å². The highest BCUT2D eigenvalue weighted by Gasteiger charge is 2.27. The minimum absolute atomic E-state index is 0.0176. The fourth-order valence-corrected chi connectivity index (χ4v) is 4.25. The number of amides is 2. The van der Waals surface area contributed by atoms with Crippen molar-refractivity contribution in [2.24, 2.45) is 0 Å². The number of carbonyl (C=O) groups is 2. The third-order valence-corrected chi connectivity index (χ3v) is 5.79. The predicted molar refractivity (Wildman–Crippen MR) is 124 cm³/mol. The Morgan fingerprint density at radius 3 is 2.56 bits per heavy atom. The fraction of sp³-hybridized carbons (Fsp3) is 0.440. The molecule has 2 heterocycles. The molecule has 32 heavy (non-hydrogen) atoms. The van der Waals surface area contributed by atoms with Crippen molar-refractivity contribution in [3.05, 3.63) is 58.3 Å². The minimum atomic E-state index is -0.612. The van der Waals surface area contributed by atoms with E-state index in [0.717, 1.165) is 41.0 Å². The predicted octanol–water partition coefficient (Wildman–Crippen LogP) is 2.71. The molecule has 1 aromatic heterocycles. The molecule has 0 spiro atoms. The van der Waals surface area contributed by atoms with Crippen LogP contribution in [0.2, 0.25) is 0 Å². The summed E-state index contributed by atoms with van der Waals surface area (Å²) in [5, 5.41) is 15.5. The van der Waals surface area contributed by atoms with Gasteiger partial charge in [-0.3, -0.25) is 9.59 Å². The summed E-state index contributed by atoms with van der Waals surface area (Å²) < 4.78 is 0. The molecule has 1 atom stereocenters. The third-order valence-electron chi connectivity index (χ3n) is 5.79. The summed E-state index contributed by atoms with van der Waals surface area (Å²) in [7, 11) is 0. The lowest BCUT2D eigenvalue weighted by molar-refractivity contribution is -0.128. The molecule has 1 saturated heterocycles. The monoisotopic (exact) mass is 433 g/mol. The van der Waals surface area contributed by atoms with Gasteiger partial charge in [0.1, 0.15) is 17.9 Å². The van der Waals surface area contributed by atoms with Gasteiger partial charge in [0.25, 0.3) is 0 Å². The lowest BCUT2D eigenvalue weighted by Gasteiger charge is -2.34. The van der Waals surface area contributed by atoms with Gasteiger partial charge in [0.05, 0.1) is 5.56 Å². The molecule has 1 aromatic carbocycles. The van der Waals surface area contributed by atoms with Crippen LogP contribution in [-0.4, -0.2) is 42.0 Å². The topological polar surface area (TPSA) is 98.1 Å². The Hall–Kier alpha value is -3.40. The zero-order valence-corrected chi connectivity index (χ0v) is 19.2. The van der Waals surface area contributed by atoms with Crippen LogP contribution in [0.25, 0.3) is 0 Å². The Morgan fingerprint density at radius 1 is 1.22 bits per heavy atom. The summed E-state index contributed by atoms with van der Waals surface area (Å²) in [6, 6.07) is 11.6. The van der Waals surface area contributed by atoms with E-state index >= 15 is 0 Å². The van der Waals surface area contributed by atoms with Crippen LogP contribution < -0.4 is 15.5 Å². The first-order valence-corrected chi connectivity index (χ1v) is 11.0. The highest BCUT2D eigenvalue weighted by Crippen LogP contribution is 2.25. The largest absolute Gasteiger partial charge is 0.355 e. The quantitative estimate of drug-likeness (QED) is 0.730. The number of hydrogen-bond donors (Lipinski definition) is 2. The Bertz CT molecular complexity index is 1040. The van der Waals surface area contributed by atoms with Crippen molar-refractivity contribution in [1.29, 1.82) is 5.26 Å². The Labute approximate surface area is 189 Å². The van der Waals surface area contributed by atoms with Gasteiger partial charge >= 0.3 is 0 Å². The molecule has 168 valence electrons. The molecule has 1 aliphatic rings. The van der Waals surface area contributed by atoms with Crippen LogP contribution in [0.4, 0.5) is 5.82 Å². The minimum Gasteiger partial charge on any atom is -0.355 e. The molecule has 1 fully saturated rings. The van der Waals surface area contributed by atoms with Crippen LogP contribution in [0.1, 0.15) is 47.7 Å². The maximum Gasteiger partial charge on any atom is 0.243 e. The first-order chi connectivity index (χ1) is 15.3. The first kappa shape index (κ1) is 23.3. The van der Waals surface area contributed by atoms with E-state index in [-0.39, 0.29) is 17.9 Å². The zero-order chi connectivity index (χ0) is 23.3. The van der Waals surface area contributed by atoms with Crippen molar-refractivity contribution in [2.45, 2.75) is 59.0 Å². The highest BCUT2D eigenvalue weighted by atomic mass is 16.2. The van der Waals surface area contributed by atoms with E-state index in [4.69, 9.17) is 0 Å². The van der Waals surface area contributed by atoms with Gasteiger partial charge in [0.2, 0.25) is 11.8 Å². The molecular formula is C25H31N5O2. The van der Waals surface area contributed by atoms with Gasteiger partial charge in [-0.25, -0.2) is 4.98 Å². The van der Waals surface area contributed by atoms with Gasteiger partial charge in [0.15, 0.2) is 0 Å². The molecule has 0 aliphatic carbocycles. The number of carbonyl (C=O) groups excluding carboxylic acids is 2. The molecule has 0 saturated carbocycles. The summed E-state index contributed by atoms with van der Waals surface area (Å²) in [5.41, 5.74) is 4.56. The standard InChI is InChI=1S/C25H31N5O2/c1-16-6-5-7-20(12-16)14-23(28-19(4)31)25(32)29-21-8-10-30(11-9-21)24-22(15-26)17(2)13-18(3)27-24/h5-7,12-13,21,23H,8-11,14H2,1-4H3,(H,28,31)(H,29,32)/t23-/m0/s1. The first-order valence-electron chi connectivity index (χ1n) is 11.0. The van der Waals surface area contributed by atoms with Crippen molar-refractivity contribution in [1.82, 2.24) is 15.6 Å². The van der Waals surface area contributed by atoms with Crippen LogP contribution in [0.15, 0.2) is 30.3 Å². The number of nitrogens with zero attached hydrogens (tertiary/aromatic N) is 3. The summed E-state index contributed by atoms with van der Waals surface area (Å²) in [5.74, 6) is 0.338. The third kappa shape index (κ3) is 5.85. The molecule has 3 rings (SSSR count). The molecule has 2 aromatic rings. The van der Waals surface area contributed by atoms with Crippen molar-refractivity contribution >= 4 is 17.6 Å². The molecule has 1 aliphatic heterocycles. The van der Waals surface area contributed by atoms with Crippen molar-refractivity contribution in [3.63, 3.8) is 0 Å². The van der Waals surface area contributed by atoms with E-state index in [2.05, 4.69) is 26.6 Å². The molecule has 0 bridgehead atoms. The second-order valence-corrected chi connectivity index (χ2v) is 8.61. The van der Waals surface area contributed by atoms with Gasteiger partial charge in [-0.2, -0.15) is 5.26 Å². The molecule has 0 unspecified atom stereocenters. The molecule has 7 heteroatoms. The number of anilines is 1. The average molecular weight is 434 g/mol. The number of aryl methyl sites for hydroxylation is 3. The number of nitriles is 1. The lowest BCUT2D eigenvalue weighted by atomic mass is 10.0. The SMILES string of the molecule is CC(=O)N[C@@H](Cc1cccc(C)c1)C(=O)NC1CCN(c2nc(C)cc(C)c2C#N)CC1. The Balaban J connectivity index is 1.63. The summed E-state index contributed by atoms with van der Waals surface area (Å²) >= 11 is 0. The van der Waals surface area contributed by atoms with Crippen LogP contribution in [0.5, 0.6) is 0 Å². The average Bonchev–Trinajstić information content (AvgIpc) is 2.73. The molecule has 7 nitrogen and oxygen atoms in total. The summed E-state index contributed by atoms with van der Waals surface area (Å²) in [4.78, 5) is 31.4. The Morgan fingerprint density at radius 2 is 1.94 bits per heavy atom. The van der Waals surface area contributed by atoms with Gasteiger partial charge in [-0.05, 0) is 50.8 Å². The maximum absolute atomic E-state index is 13.0. The second-order valence-electron chi connectivity index (χ2n) is 8.61. The van der Waals surface area contributed by atoms with Crippen LogP contribution in [0.3, 0.4) is 0 Å². The summed E-state index contributed by atoms with van der Waals surface area (Å²) in [6.45, 7) is 8.71. The van der Waals surface area contributed by atoms with Crippen LogP contribution in [-0.2, 0) is 16.0 Å². The number of nitrogens with one attached hydrogen (secondary N) is 2. The van der Waals surface area contributed by atoms with E-state index in [1.54, 1.807) is 0 Å². The van der Waals surface area contributed by atoms with E-state index in [1.165, 1.54) is 6.92 Å². The van der Waals surface area contributed by atoms with Crippen molar-refractivity contribution in [2.75, 3.05) is 18.0 Å². The van der Waals surface area contributed by atoms with E-state index < -0.39 is 6.04 Å². The number of aromatic nitrogens is 1. The number of rotatable bonds is 6. The van der Waals surface area contributed by atoms with Crippen LogP contribution >= 0.6 is 0 Å². The van der Waals surface area contributed by atoms with E-state index in [1.807, 2.05) is 51.1 Å². The molecule has 2 N–H and O–H groups in total. The number of pyridine rings is 1. The highest BCUT2D eigenvalue weighted by molar-refractivity contribution is 5.87. The van der Waals surface area contributed by atoms with Crippen molar-refractivity contribution in [3.8, 4) is 6.07 Å². The van der Waals surface area contributed by atoms with E-state index in [9.17, 15) is 14.9 Å². The zero-order valence-electron chi connectivity index (χ0n) is 19.2. The molecule has 2 amide bonds. The van der Waals surface area contributed by atoms with Gasteiger partial charge < -0.3 is 15.5 Å². The number of piperidine rings is 1. The smallest absolute Gasteiger partial charge is 0.243 e. The lowest BCUT2D eigenvalue weighted by Crippen LogP contribution is -2.52. The Kier molecular flexibility index (Phi) is 7.47. The number of benzene rings is 1. The van der Waals surface area contributed by atoms with Crippen molar-refractivity contribution < 1.29 is 9.59 Å². The van der Waals surface area contributed by atoms with E-state index in [0.29, 0.717) is 25.1 Å².